The normalized spacial score (nSPS) is 10.3. The minimum atomic E-state index is -0.326. The minimum Gasteiger partial charge on any atom is -0.465 e. The van der Waals surface area contributed by atoms with Gasteiger partial charge in [0.15, 0.2) is 0 Å². The highest BCUT2D eigenvalue weighted by Crippen LogP contribution is 2.26. The minimum absolute atomic E-state index is 0. The molecule has 5 heteroatoms. The largest absolute Gasteiger partial charge is 0.465 e. The maximum Gasteiger partial charge on any atom is 0.337 e. The zero-order chi connectivity index (χ0) is 15.5. The molecule has 0 radical (unpaired) electrons. The number of hydrogen-bond donors (Lipinski definition) is 1. The van der Waals surface area contributed by atoms with Gasteiger partial charge in [0, 0.05) is 17.3 Å². The topological polar surface area (TPSA) is 57.2 Å². The van der Waals surface area contributed by atoms with Crippen LogP contribution >= 0.6 is 12.4 Å². The van der Waals surface area contributed by atoms with Crippen LogP contribution in [0.5, 0.6) is 0 Å². The molecular formula is C18H19ClN2O2. The van der Waals surface area contributed by atoms with Gasteiger partial charge in [-0.05, 0) is 48.9 Å². The molecule has 0 saturated carbocycles. The zero-order valence-corrected chi connectivity index (χ0v) is 13.7. The lowest BCUT2D eigenvalue weighted by atomic mass is 10.1. The van der Waals surface area contributed by atoms with E-state index in [2.05, 4.69) is 22.9 Å². The monoisotopic (exact) mass is 330 g/mol. The first-order valence-electron chi connectivity index (χ1n) is 7.22. The average Bonchev–Trinajstić information content (AvgIpc) is 2.93. The molecule has 0 atom stereocenters. The summed E-state index contributed by atoms with van der Waals surface area (Å²) in [5, 5.41) is 1.04. The van der Waals surface area contributed by atoms with Crippen molar-refractivity contribution in [2.24, 2.45) is 5.73 Å². The predicted molar refractivity (Wildman–Crippen MR) is 94.6 cm³/mol. The number of nitrogens with zero attached hydrogens (tertiary/aromatic N) is 1. The van der Waals surface area contributed by atoms with Crippen LogP contribution < -0.4 is 5.73 Å². The van der Waals surface area contributed by atoms with Crippen LogP contribution in [0.15, 0.2) is 54.7 Å². The first-order valence-corrected chi connectivity index (χ1v) is 7.22. The van der Waals surface area contributed by atoms with Crippen molar-refractivity contribution in [2.45, 2.75) is 6.42 Å². The highest BCUT2D eigenvalue weighted by Gasteiger charge is 2.13. The molecular weight excluding hydrogens is 312 g/mol. The molecule has 2 N–H and O–H groups in total. The Kier molecular flexibility index (Phi) is 5.42. The van der Waals surface area contributed by atoms with E-state index in [-0.39, 0.29) is 18.4 Å². The van der Waals surface area contributed by atoms with Crippen LogP contribution in [0.1, 0.15) is 15.9 Å². The Morgan fingerprint density at radius 1 is 1.17 bits per heavy atom. The Labute approximate surface area is 141 Å². The van der Waals surface area contributed by atoms with Gasteiger partial charge in [0.05, 0.1) is 18.2 Å². The molecule has 1 heterocycles. The van der Waals surface area contributed by atoms with Crippen molar-refractivity contribution >= 4 is 29.3 Å². The number of carbonyl (C=O) groups excluding carboxylic acids is 1. The van der Waals surface area contributed by atoms with Crippen molar-refractivity contribution in [2.75, 3.05) is 13.7 Å². The first-order chi connectivity index (χ1) is 10.7. The Balaban J connectivity index is 0.00000192. The van der Waals surface area contributed by atoms with Crippen molar-refractivity contribution < 1.29 is 9.53 Å². The van der Waals surface area contributed by atoms with Gasteiger partial charge >= 0.3 is 5.97 Å². The third-order valence-corrected chi connectivity index (χ3v) is 3.76. The van der Waals surface area contributed by atoms with Gasteiger partial charge in [-0.2, -0.15) is 0 Å². The maximum absolute atomic E-state index is 11.7. The van der Waals surface area contributed by atoms with Gasteiger partial charge in [-0.1, -0.05) is 18.2 Å². The summed E-state index contributed by atoms with van der Waals surface area (Å²) in [4.78, 5) is 11.7. The first kappa shape index (κ1) is 17.1. The van der Waals surface area contributed by atoms with Crippen molar-refractivity contribution in [3.63, 3.8) is 0 Å². The number of esters is 1. The highest BCUT2D eigenvalue weighted by molar-refractivity contribution is 5.96. The van der Waals surface area contributed by atoms with E-state index < -0.39 is 0 Å². The number of aromatic nitrogens is 1. The third kappa shape index (κ3) is 3.23. The van der Waals surface area contributed by atoms with E-state index in [1.54, 1.807) is 6.07 Å². The lowest BCUT2D eigenvalue weighted by Crippen LogP contribution is -2.03. The Morgan fingerprint density at radius 2 is 1.91 bits per heavy atom. The second kappa shape index (κ2) is 7.31. The fourth-order valence-electron chi connectivity index (χ4n) is 2.70. The van der Waals surface area contributed by atoms with Crippen LogP contribution in [0.2, 0.25) is 0 Å². The molecule has 0 bridgehead atoms. The number of nitrogens with two attached hydrogens (primary N) is 1. The van der Waals surface area contributed by atoms with Crippen LogP contribution in [0.4, 0.5) is 0 Å². The van der Waals surface area contributed by atoms with Crippen molar-refractivity contribution in [3.8, 4) is 5.69 Å². The number of halogens is 1. The van der Waals surface area contributed by atoms with Crippen molar-refractivity contribution in [1.82, 2.24) is 4.57 Å². The average molecular weight is 331 g/mol. The van der Waals surface area contributed by atoms with Crippen LogP contribution in [-0.4, -0.2) is 24.2 Å². The zero-order valence-electron chi connectivity index (χ0n) is 12.9. The molecule has 3 rings (SSSR count). The van der Waals surface area contributed by atoms with E-state index in [0.717, 1.165) is 28.6 Å². The van der Waals surface area contributed by atoms with Crippen molar-refractivity contribution in [3.05, 3.63) is 65.9 Å². The second-order valence-electron chi connectivity index (χ2n) is 5.12. The number of carbonyl (C=O) groups is 1. The van der Waals surface area contributed by atoms with Crippen LogP contribution in [-0.2, 0) is 11.2 Å². The van der Waals surface area contributed by atoms with Crippen LogP contribution in [0.25, 0.3) is 16.6 Å². The number of benzene rings is 2. The number of methoxy groups -OCH3 is 1. The molecule has 0 aliphatic carbocycles. The standard InChI is InChI=1S/C18H18N2O2.ClH/c1-22-18(21)13-7-8-17-16(11-13)14(9-10-19)12-20(17)15-5-3-2-4-6-15;/h2-8,11-12H,9-10,19H2,1H3;1H. The molecule has 0 saturated heterocycles. The summed E-state index contributed by atoms with van der Waals surface area (Å²) in [6.07, 6.45) is 2.86. The molecule has 4 nitrogen and oxygen atoms in total. The number of rotatable bonds is 4. The summed E-state index contributed by atoms with van der Waals surface area (Å²) in [6, 6.07) is 15.7. The summed E-state index contributed by atoms with van der Waals surface area (Å²) in [7, 11) is 1.39. The van der Waals surface area contributed by atoms with Gasteiger partial charge in [0.1, 0.15) is 0 Å². The van der Waals surface area contributed by atoms with Gasteiger partial charge in [0.2, 0.25) is 0 Å². The number of para-hydroxylation sites is 1. The van der Waals surface area contributed by atoms with E-state index in [9.17, 15) is 4.79 Å². The summed E-state index contributed by atoms with van der Waals surface area (Å²) < 4.78 is 6.93. The molecule has 0 unspecified atom stereocenters. The Bertz CT molecular complexity index is 813. The van der Waals surface area contributed by atoms with Crippen LogP contribution in [0, 0.1) is 0 Å². The fourth-order valence-corrected chi connectivity index (χ4v) is 2.70. The van der Waals surface area contributed by atoms with E-state index in [1.165, 1.54) is 7.11 Å². The molecule has 120 valence electrons. The number of ether oxygens (including phenoxy) is 1. The second-order valence-corrected chi connectivity index (χ2v) is 5.12. The Morgan fingerprint density at radius 3 is 2.57 bits per heavy atom. The summed E-state index contributed by atoms with van der Waals surface area (Å²) in [5.74, 6) is -0.326. The van der Waals surface area contributed by atoms with Gasteiger partial charge in [-0.15, -0.1) is 12.4 Å². The molecule has 0 aliphatic heterocycles. The summed E-state index contributed by atoms with van der Waals surface area (Å²) >= 11 is 0. The van der Waals surface area contributed by atoms with Gasteiger partial charge in [-0.25, -0.2) is 4.79 Å². The predicted octanol–water partition coefficient (Wildman–Crippen LogP) is 3.34. The third-order valence-electron chi connectivity index (χ3n) is 3.76. The molecule has 3 aromatic rings. The SMILES string of the molecule is COC(=O)c1ccc2c(c1)c(CCN)cn2-c1ccccc1.Cl. The van der Waals surface area contributed by atoms with Gasteiger partial charge in [-0.3, -0.25) is 0 Å². The van der Waals surface area contributed by atoms with Gasteiger partial charge < -0.3 is 15.0 Å². The van der Waals surface area contributed by atoms with Crippen molar-refractivity contribution in [1.29, 1.82) is 0 Å². The molecule has 0 fully saturated rings. The molecule has 1 aromatic heterocycles. The van der Waals surface area contributed by atoms with E-state index in [0.29, 0.717) is 12.1 Å². The fraction of sp³-hybridized carbons (Fsp3) is 0.167. The quantitative estimate of drug-likeness (QED) is 0.746. The van der Waals surface area contributed by atoms with E-state index >= 15 is 0 Å². The maximum atomic E-state index is 11.7. The lowest BCUT2D eigenvalue weighted by molar-refractivity contribution is 0.0601. The highest BCUT2D eigenvalue weighted by atomic mass is 35.5. The number of hydrogen-bond acceptors (Lipinski definition) is 3. The van der Waals surface area contributed by atoms with E-state index in [4.69, 9.17) is 10.5 Å². The molecule has 23 heavy (non-hydrogen) atoms. The molecule has 0 spiro atoms. The lowest BCUT2D eigenvalue weighted by Gasteiger charge is -2.05. The summed E-state index contributed by atoms with van der Waals surface area (Å²) in [5.41, 5.74) is 9.55. The van der Waals surface area contributed by atoms with E-state index in [1.807, 2.05) is 30.3 Å². The summed E-state index contributed by atoms with van der Waals surface area (Å²) in [6.45, 7) is 0.566. The smallest absolute Gasteiger partial charge is 0.337 e. The number of fused-ring (bicyclic) bond motifs is 1. The van der Waals surface area contributed by atoms with Gasteiger partial charge in [0.25, 0.3) is 0 Å². The molecule has 2 aromatic carbocycles. The Hall–Kier alpha value is -2.30. The molecule has 0 aliphatic rings. The van der Waals surface area contributed by atoms with Crippen LogP contribution in [0.3, 0.4) is 0 Å². The molecule has 0 amide bonds.